The van der Waals surface area contributed by atoms with Crippen molar-refractivity contribution in [2.75, 3.05) is 9.91 Å². The van der Waals surface area contributed by atoms with Crippen LogP contribution in [0.5, 0.6) is 0 Å². The van der Waals surface area contributed by atoms with Crippen molar-refractivity contribution in [3.8, 4) is 0 Å². The fourth-order valence-corrected chi connectivity index (χ4v) is 6.50. The molecule has 2 aromatic carbocycles. The molecule has 0 saturated carbocycles. The largest absolute Gasteiger partial charge is 0.308 e. The number of carbonyl (C=O) groups excluding carboxylic acids is 4. The van der Waals surface area contributed by atoms with Crippen LogP contribution in [-0.4, -0.2) is 29.5 Å². The number of nitrogens with one attached hydrogen (secondary N) is 1. The van der Waals surface area contributed by atoms with Crippen LogP contribution in [0.2, 0.25) is 15.1 Å². The highest BCUT2D eigenvalue weighted by Crippen LogP contribution is 2.38. The molecule has 1 fully saturated rings. The van der Waals surface area contributed by atoms with Gasteiger partial charge < -0.3 is 5.32 Å². The molecule has 1 atom stereocenters. The summed E-state index contributed by atoms with van der Waals surface area (Å²) in [5.41, 5.74) is 0.496. The summed E-state index contributed by atoms with van der Waals surface area (Å²) in [7, 11) is 0. The number of hydrogen-bond donors (Lipinski definition) is 1. The Kier molecular flexibility index (Phi) is 12.0. The quantitative estimate of drug-likeness (QED) is 0.165. The number of nitrogens with zero attached hydrogens (tertiary/aromatic N) is 3. The minimum absolute atomic E-state index is 0.0739. The number of anilines is 2. The predicted octanol–water partition coefficient (Wildman–Crippen LogP) is 8.32. The molecule has 43 heavy (non-hydrogen) atoms. The molecule has 2 aliphatic heterocycles. The maximum absolute atomic E-state index is 13.3. The number of benzene rings is 2. The molecule has 2 heterocycles. The molecule has 1 saturated heterocycles. The predicted molar refractivity (Wildman–Crippen MR) is 172 cm³/mol. The van der Waals surface area contributed by atoms with Crippen molar-refractivity contribution < 1.29 is 19.2 Å². The SMILES string of the molecule is CCCCCCCCCCCCC1CC(=O)N(c2ccccc2C(=O)NC2=NN(c3c(Cl)cc(Cl)cc3Cl)C(=O)C2)C1=O. The number of amides is 4. The minimum atomic E-state index is -0.601. The van der Waals surface area contributed by atoms with E-state index in [1.807, 2.05) is 0 Å². The van der Waals surface area contributed by atoms with E-state index in [-0.39, 0.29) is 57.5 Å². The second-order valence-corrected chi connectivity index (χ2v) is 12.3. The van der Waals surface area contributed by atoms with Gasteiger partial charge in [-0.2, -0.15) is 10.1 Å². The summed E-state index contributed by atoms with van der Waals surface area (Å²) < 4.78 is 0. The third kappa shape index (κ3) is 8.37. The van der Waals surface area contributed by atoms with E-state index in [9.17, 15) is 19.2 Å². The minimum Gasteiger partial charge on any atom is -0.308 e. The van der Waals surface area contributed by atoms with E-state index in [1.54, 1.807) is 18.2 Å². The molecule has 2 aliphatic rings. The van der Waals surface area contributed by atoms with Crippen molar-refractivity contribution in [3.63, 3.8) is 0 Å². The van der Waals surface area contributed by atoms with E-state index in [0.717, 1.165) is 29.2 Å². The van der Waals surface area contributed by atoms with E-state index in [0.29, 0.717) is 11.4 Å². The number of rotatable bonds is 14. The van der Waals surface area contributed by atoms with Crippen molar-refractivity contribution in [2.45, 2.75) is 90.4 Å². The average molecular weight is 648 g/mol. The molecule has 11 heteroatoms. The van der Waals surface area contributed by atoms with Gasteiger partial charge in [0.1, 0.15) is 11.5 Å². The van der Waals surface area contributed by atoms with Crippen LogP contribution in [0.1, 0.15) is 101 Å². The maximum Gasteiger partial charge on any atom is 0.258 e. The Morgan fingerprint density at radius 3 is 2.14 bits per heavy atom. The van der Waals surface area contributed by atoms with Crippen molar-refractivity contribution in [2.24, 2.45) is 11.0 Å². The fourth-order valence-electron chi connectivity index (χ4n) is 5.52. The average Bonchev–Trinajstić information content (AvgIpc) is 3.45. The zero-order valence-electron chi connectivity index (χ0n) is 24.3. The van der Waals surface area contributed by atoms with E-state index in [4.69, 9.17) is 34.8 Å². The van der Waals surface area contributed by atoms with Crippen LogP contribution < -0.4 is 15.2 Å². The van der Waals surface area contributed by atoms with Crippen LogP contribution in [0.15, 0.2) is 41.5 Å². The van der Waals surface area contributed by atoms with E-state index in [1.165, 1.54) is 63.1 Å². The first-order valence-corrected chi connectivity index (χ1v) is 16.2. The molecule has 4 rings (SSSR count). The molecule has 1 N–H and O–H groups in total. The van der Waals surface area contributed by atoms with Crippen molar-refractivity contribution >= 4 is 75.6 Å². The summed E-state index contributed by atoms with van der Waals surface area (Å²) in [4.78, 5) is 53.5. The molecule has 2 aromatic rings. The molecule has 4 amide bonds. The molecule has 230 valence electrons. The van der Waals surface area contributed by atoms with Crippen LogP contribution in [0, 0.1) is 5.92 Å². The van der Waals surface area contributed by atoms with Gasteiger partial charge >= 0.3 is 0 Å². The van der Waals surface area contributed by atoms with Gasteiger partial charge in [-0.15, -0.1) is 0 Å². The third-order valence-corrected chi connectivity index (χ3v) is 8.56. The lowest BCUT2D eigenvalue weighted by Crippen LogP contribution is -2.35. The number of hydrazone groups is 1. The van der Waals surface area contributed by atoms with Gasteiger partial charge in [-0.25, -0.2) is 4.90 Å². The third-order valence-electron chi connectivity index (χ3n) is 7.76. The molecule has 0 bridgehead atoms. The lowest BCUT2D eigenvalue weighted by atomic mass is 9.98. The highest BCUT2D eigenvalue weighted by molar-refractivity contribution is 6.42. The van der Waals surface area contributed by atoms with Crippen LogP contribution >= 0.6 is 34.8 Å². The van der Waals surface area contributed by atoms with Gasteiger partial charge in [0, 0.05) is 17.4 Å². The summed E-state index contributed by atoms with van der Waals surface area (Å²) in [6.45, 7) is 2.22. The zero-order chi connectivity index (χ0) is 30.9. The normalized spacial score (nSPS) is 16.8. The molecule has 0 aliphatic carbocycles. The molecule has 0 aromatic heterocycles. The second-order valence-electron chi connectivity index (χ2n) is 11.1. The smallest absolute Gasteiger partial charge is 0.258 e. The number of para-hydroxylation sites is 1. The topological polar surface area (TPSA) is 99.2 Å². The van der Waals surface area contributed by atoms with Gasteiger partial charge in [-0.05, 0) is 30.7 Å². The summed E-state index contributed by atoms with van der Waals surface area (Å²) in [6, 6.07) is 9.30. The fraction of sp³-hybridized carbons (Fsp3) is 0.469. The van der Waals surface area contributed by atoms with Gasteiger partial charge in [0.05, 0.1) is 27.7 Å². The Morgan fingerprint density at radius 1 is 0.884 bits per heavy atom. The first-order valence-electron chi connectivity index (χ1n) is 15.0. The lowest BCUT2D eigenvalue weighted by Gasteiger charge is -2.18. The molecular formula is C32H37Cl3N4O4. The highest BCUT2D eigenvalue weighted by Gasteiger charge is 2.40. The highest BCUT2D eigenvalue weighted by atomic mass is 35.5. The first-order chi connectivity index (χ1) is 20.7. The summed E-state index contributed by atoms with van der Waals surface area (Å²) in [5, 5.41) is 8.44. The Balaban J connectivity index is 1.35. The zero-order valence-corrected chi connectivity index (χ0v) is 26.6. The van der Waals surface area contributed by atoms with Gasteiger partial charge in [-0.3, -0.25) is 19.2 Å². The Bertz CT molecular complexity index is 1370. The standard InChI is InChI=1S/C32H37Cl3N4O4/c1-2-3-4-5-6-7-8-9-10-11-14-21-17-28(40)38(32(21)43)26-16-13-12-15-23(26)31(42)36-27-20-29(41)39(37-27)30-24(34)18-22(33)19-25(30)35/h12-13,15-16,18-19,21H,2-11,14,17,20H2,1H3,(H,36,37,42). The Labute approximate surface area is 267 Å². The van der Waals surface area contributed by atoms with Crippen molar-refractivity contribution in [1.29, 1.82) is 0 Å². The van der Waals surface area contributed by atoms with Gasteiger partial charge in [-0.1, -0.05) is 118 Å². The summed E-state index contributed by atoms with van der Waals surface area (Å²) in [5.74, 6) is -1.98. The monoisotopic (exact) mass is 646 g/mol. The maximum atomic E-state index is 13.3. The van der Waals surface area contributed by atoms with Gasteiger partial charge in [0.2, 0.25) is 11.8 Å². The van der Waals surface area contributed by atoms with Crippen LogP contribution in [-0.2, 0) is 14.4 Å². The Hall–Kier alpha value is -2.94. The summed E-state index contributed by atoms with van der Waals surface area (Å²) in [6.07, 6.45) is 12.6. The molecule has 8 nitrogen and oxygen atoms in total. The van der Waals surface area contributed by atoms with E-state index < -0.39 is 17.7 Å². The number of halogens is 3. The van der Waals surface area contributed by atoms with Crippen LogP contribution in [0.25, 0.3) is 0 Å². The second kappa shape index (κ2) is 15.7. The molecule has 0 spiro atoms. The molecule has 0 radical (unpaired) electrons. The van der Waals surface area contributed by atoms with Crippen molar-refractivity contribution in [3.05, 3.63) is 57.0 Å². The molecular weight excluding hydrogens is 611 g/mol. The van der Waals surface area contributed by atoms with Gasteiger partial charge in [0.15, 0.2) is 0 Å². The van der Waals surface area contributed by atoms with E-state index >= 15 is 0 Å². The first kappa shape index (κ1) is 33.0. The van der Waals surface area contributed by atoms with Crippen LogP contribution in [0.4, 0.5) is 11.4 Å². The molecule has 1 unspecified atom stereocenters. The van der Waals surface area contributed by atoms with E-state index in [2.05, 4.69) is 17.3 Å². The van der Waals surface area contributed by atoms with Crippen LogP contribution in [0.3, 0.4) is 0 Å². The lowest BCUT2D eigenvalue weighted by molar-refractivity contribution is -0.122. The number of amidine groups is 1. The summed E-state index contributed by atoms with van der Waals surface area (Å²) >= 11 is 18.5. The Morgan fingerprint density at radius 2 is 1.49 bits per heavy atom. The number of imide groups is 1. The van der Waals surface area contributed by atoms with Crippen molar-refractivity contribution in [1.82, 2.24) is 5.32 Å². The number of hydrogen-bond acceptors (Lipinski definition) is 5. The number of carbonyl (C=O) groups is 4. The van der Waals surface area contributed by atoms with Gasteiger partial charge in [0.25, 0.3) is 11.8 Å². The number of unbranched alkanes of at least 4 members (excludes halogenated alkanes) is 9.